The topological polar surface area (TPSA) is 55.4 Å². The zero-order chi connectivity index (χ0) is 17.5. The van der Waals surface area contributed by atoms with E-state index in [2.05, 4.69) is 5.32 Å². The number of hydrogen-bond donors (Lipinski definition) is 1. The van der Waals surface area contributed by atoms with Gasteiger partial charge in [-0.05, 0) is 48.9 Å². The van der Waals surface area contributed by atoms with Gasteiger partial charge in [-0.1, -0.05) is 11.6 Å². The third-order valence-electron chi connectivity index (χ3n) is 3.41. The maximum Gasteiger partial charge on any atom is 0.224 e. The summed E-state index contributed by atoms with van der Waals surface area (Å²) >= 11 is 5.90. The summed E-state index contributed by atoms with van der Waals surface area (Å²) in [5.74, 6) is -0.234. The van der Waals surface area contributed by atoms with Gasteiger partial charge in [-0.2, -0.15) is 0 Å². The second-order valence-corrected chi connectivity index (χ2v) is 5.61. The summed E-state index contributed by atoms with van der Waals surface area (Å²) in [4.78, 5) is 23.9. The zero-order valence-corrected chi connectivity index (χ0v) is 13.9. The molecule has 0 aromatic heterocycles. The summed E-state index contributed by atoms with van der Waals surface area (Å²) in [6.45, 7) is 0. The van der Waals surface area contributed by atoms with Crippen molar-refractivity contribution in [3.05, 3.63) is 58.9 Å². The van der Waals surface area contributed by atoms with Crippen molar-refractivity contribution in [1.29, 1.82) is 0 Å². The molecule has 126 valence electrons. The number of methoxy groups -OCH3 is 1. The van der Waals surface area contributed by atoms with Gasteiger partial charge in [-0.25, -0.2) is 4.39 Å². The molecule has 2 rings (SSSR count). The largest absolute Gasteiger partial charge is 0.495 e. The molecule has 0 fully saturated rings. The Morgan fingerprint density at radius 1 is 1.12 bits per heavy atom. The number of ether oxygens (including phenoxy) is 1. The molecule has 1 amide bonds. The maximum atomic E-state index is 12.8. The van der Waals surface area contributed by atoms with Crippen LogP contribution < -0.4 is 10.1 Å². The fraction of sp³-hybridized carbons (Fsp3) is 0.222. The van der Waals surface area contributed by atoms with Crippen LogP contribution in [-0.2, 0) is 4.79 Å². The number of halogens is 2. The van der Waals surface area contributed by atoms with E-state index in [4.69, 9.17) is 16.3 Å². The van der Waals surface area contributed by atoms with E-state index in [-0.39, 0.29) is 30.3 Å². The van der Waals surface area contributed by atoms with Gasteiger partial charge in [0.05, 0.1) is 12.8 Å². The van der Waals surface area contributed by atoms with Gasteiger partial charge < -0.3 is 10.1 Å². The number of amides is 1. The Morgan fingerprint density at radius 2 is 1.83 bits per heavy atom. The number of carbonyl (C=O) groups is 2. The van der Waals surface area contributed by atoms with Crippen LogP contribution in [-0.4, -0.2) is 18.8 Å². The van der Waals surface area contributed by atoms with Gasteiger partial charge in [0.25, 0.3) is 0 Å². The normalized spacial score (nSPS) is 10.3. The van der Waals surface area contributed by atoms with Crippen LogP contribution in [0, 0.1) is 5.82 Å². The van der Waals surface area contributed by atoms with Gasteiger partial charge in [-0.3, -0.25) is 9.59 Å². The number of Topliss-reactive ketones (excluding diaryl/α,β-unsaturated/α-hetero) is 1. The second kappa shape index (κ2) is 8.45. The monoisotopic (exact) mass is 349 g/mol. The van der Waals surface area contributed by atoms with Crippen molar-refractivity contribution in [2.24, 2.45) is 0 Å². The molecule has 1 N–H and O–H groups in total. The van der Waals surface area contributed by atoms with Crippen molar-refractivity contribution in [3.8, 4) is 5.75 Å². The van der Waals surface area contributed by atoms with Crippen LogP contribution in [0.5, 0.6) is 5.75 Å². The smallest absolute Gasteiger partial charge is 0.224 e. The first-order chi connectivity index (χ1) is 11.5. The highest BCUT2D eigenvalue weighted by molar-refractivity contribution is 6.31. The van der Waals surface area contributed by atoms with Crippen molar-refractivity contribution in [2.45, 2.75) is 19.3 Å². The molecule has 0 spiro atoms. The van der Waals surface area contributed by atoms with Crippen LogP contribution in [0.2, 0.25) is 5.02 Å². The van der Waals surface area contributed by atoms with Gasteiger partial charge in [0.15, 0.2) is 5.78 Å². The molecule has 0 aliphatic heterocycles. The van der Waals surface area contributed by atoms with Crippen molar-refractivity contribution < 1.29 is 18.7 Å². The van der Waals surface area contributed by atoms with E-state index in [1.807, 2.05) is 0 Å². The lowest BCUT2D eigenvalue weighted by Crippen LogP contribution is -2.12. The van der Waals surface area contributed by atoms with E-state index in [0.29, 0.717) is 28.4 Å². The van der Waals surface area contributed by atoms with Crippen LogP contribution in [0.15, 0.2) is 42.5 Å². The van der Waals surface area contributed by atoms with Crippen molar-refractivity contribution in [1.82, 2.24) is 0 Å². The van der Waals surface area contributed by atoms with E-state index in [9.17, 15) is 14.0 Å². The van der Waals surface area contributed by atoms with Crippen molar-refractivity contribution >= 4 is 29.0 Å². The lowest BCUT2D eigenvalue weighted by Gasteiger charge is -2.10. The third kappa shape index (κ3) is 5.06. The molecule has 0 heterocycles. The van der Waals surface area contributed by atoms with Gasteiger partial charge >= 0.3 is 0 Å². The Bertz CT molecular complexity index is 732. The fourth-order valence-corrected chi connectivity index (χ4v) is 2.35. The van der Waals surface area contributed by atoms with E-state index in [0.717, 1.165) is 0 Å². The van der Waals surface area contributed by atoms with E-state index >= 15 is 0 Å². The number of benzene rings is 2. The van der Waals surface area contributed by atoms with Crippen LogP contribution in [0.1, 0.15) is 29.6 Å². The molecule has 0 aliphatic rings. The summed E-state index contributed by atoms with van der Waals surface area (Å²) < 4.78 is 18.0. The van der Waals surface area contributed by atoms with Crippen molar-refractivity contribution in [3.63, 3.8) is 0 Å². The van der Waals surface area contributed by atoms with E-state index in [1.54, 1.807) is 18.2 Å². The molecule has 0 saturated carbocycles. The molecular formula is C18H17ClFNO3. The molecule has 2 aromatic rings. The summed E-state index contributed by atoms with van der Waals surface area (Å²) in [6, 6.07) is 10.3. The summed E-state index contributed by atoms with van der Waals surface area (Å²) in [5, 5.41) is 3.20. The molecule has 24 heavy (non-hydrogen) atoms. The number of ketones is 1. The first-order valence-corrected chi connectivity index (χ1v) is 7.79. The number of rotatable bonds is 7. The summed E-state index contributed by atoms with van der Waals surface area (Å²) in [7, 11) is 1.50. The molecule has 2 aromatic carbocycles. The van der Waals surface area contributed by atoms with Gasteiger partial charge in [0.2, 0.25) is 5.91 Å². The third-order valence-corrected chi connectivity index (χ3v) is 3.64. The Kier molecular flexibility index (Phi) is 6.32. The van der Waals surface area contributed by atoms with Crippen LogP contribution in [0.3, 0.4) is 0 Å². The first kappa shape index (κ1) is 17.9. The molecule has 0 radical (unpaired) electrons. The molecule has 0 saturated heterocycles. The minimum atomic E-state index is -0.388. The van der Waals surface area contributed by atoms with Gasteiger partial charge in [0, 0.05) is 23.4 Å². The molecule has 4 nitrogen and oxygen atoms in total. The molecule has 6 heteroatoms. The molecular weight excluding hydrogens is 333 g/mol. The Labute approximate surface area is 144 Å². The first-order valence-electron chi connectivity index (χ1n) is 7.42. The SMILES string of the molecule is COc1ccc(Cl)cc1NC(=O)CCCC(=O)c1ccc(F)cc1. The molecule has 0 aliphatic carbocycles. The molecule has 0 atom stereocenters. The number of hydrogen-bond acceptors (Lipinski definition) is 3. The highest BCUT2D eigenvalue weighted by atomic mass is 35.5. The highest BCUT2D eigenvalue weighted by Gasteiger charge is 2.10. The van der Waals surface area contributed by atoms with E-state index in [1.165, 1.54) is 31.4 Å². The van der Waals surface area contributed by atoms with E-state index < -0.39 is 0 Å². The predicted molar refractivity (Wildman–Crippen MR) is 91.2 cm³/mol. The summed E-state index contributed by atoms with van der Waals surface area (Å²) in [6.07, 6.45) is 0.791. The average molecular weight is 350 g/mol. The summed E-state index contributed by atoms with van der Waals surface area (Å²) in [5.41, 5.74) is 0.924. The van der Waals surface area contributed by atoms with Gasteiger partial charge in [-0.15, -0.1) is 0 Å². The Balaban J connectivity index is 1.84. The zero-order valence-electron chi connectivity index (χ0n) is 13.1. The predicted octanol–water partition coefficient (Wildman–Crippen LogP) is 4.48. The number of anilines is 1. The molecule has 0 bridgehead atoms. The van der Waals surface area contributed by atoms with Gasteiger partial charge in [0.1, 0.15) is 11.6 Å². The quantitative estimate of drug-likeness (QED) is 0.750. The molecule has 0 unspecified atom stereocenters. The minimum absolute atomic E-state index is 0.122. The lowest BCUT2D eigenvalue weighted by atomic mass is 10.1. The van der Waals surface area contributed by atoms with Crippen LogP contribution in [0.4, 0.5) is 10.1 Å². The maximum absolute atomic E-state index is 12.8. The number of nitrogens with one attached hydrogen (secondary N) is 1. The van der Waals surface area contributed by atoms with Crippen molar-refractivity contribution in [2.75, 3.05) is 12.4 Å². The Hall–Kier alpha value is -2.40. The van der Waals surface area contributed by atoms with Crippen LogP contribution >= 0.6 is 11.6 Å². The second-order valence-electron chi connectivity index (χ2n) is 5.18. The standard InChI is InChI=1S/C18H17ClFNO3/c1-24-17-10-7-13(19)11-15(17)21-18(23)4-2-3-16(22)12-5-8-14(20)9-6-12/h5-11H,2-4H2,1H3,(H,21,23). The fourth-order valence-electron chi connectivity index (χ4n) is 2.18. The lowest BCUT2D eigenvalue weighted by molar-refractivity contribution is -0.116. The van der Waals surface area contributed by atoms with Crippen LogP contribution in [0.25, 0.3) is 0 Å². The minimum Gasteiger partial charge on any atom is -0.495 e. The average Bonchev–Trinajstić information content (AvgIpc) is 2.55. The number of carbonyl (C=O) groups excluding carboxylic acids is 2. The Morgan fingerprint density at radius 3 is 2.50 bits per heavy atom. The highest BCUT2D eigenvalue weighted by Crippen LogP contribution is 2.27.